The van der Waals surface area contributed by atoms with E-state index in [2.05, 4.69) is 21.4 Å². The number of fused-ring (bicyclic) bond motifs is 1. The van der Waals surface area contributed by atoms with E-state index in [4.69, 9.17) is 16.3 Å². The molecule has 0 aliphatic rings. The van der Waals surface area contributed by atoms with E-state index in [1.807, 2.05) is 30.3 Å². The van der Waals surface area contributed by atoms with Crippen molar-refractivity contribution in [2.24, 2.45) is 0 Å². The lowest BCUT2D eigenvalue weighted by molar-refractivity contribution is -0.115. The lowest BCUT2D eigenvalue weighted by Gasteiger charge is -2.12. The molecule has 32 heavy (non-hydrogen) atoms. The predicted octanol–water partition coefficient (Wildman–Crippen LogP) is 6.01. The van der Waals surface area contributed by atoms with E-state index < -0.39 is 5.25 Å². The van der Waals surface area contributed by atoms with Gasteiger partial charge in [-0.25, -0.2) is 9.97 Å². The number of thiazole rings is 1. The van der Waals surface area contributed by atoms with E-state index in [0.29, 0.717) is 26.4 Å². The monoisotopic (exact) mass is 480 g/mol. The average Bonchev–Trinajstić information content (AvgIpc) is 3.20. The maximum atomic E-state index is 12.8. The van der Waals surface area contributed by atoms with Gasteiger partial charge in [0.05, 0.1) is 33.8 Å². The molecule has 1 atom stereocenters. The third-order valence-electron chi connectivity index (χ3n) is 4.60. The summed E-state index contributed by atoms with van der Waals surface area (Å²) in [6.07, 6.45) is 0. The van der Waals surface area contributed by atoms with Crippen LogP contribution in [0.15, 0.2) is 59.6 Å². The van der Waals surface area contributed by atoms with Gasteiger partial charge in [0, 0.05) is 10.6 Å². The molecule has 1 unspecified atom stereocenters. The van der Waals surface area contributed by atoms with E-state index in [1.54, 1.807) is 38.3 Å². The molecule has 6 nitrogen and oxygen atoms in total. The molecule has 0 saturated heterocycles. The number of rotatable bonds is 6. The number of carbonyl (C=O) groups is 1. The Balaban J connectivity index is 1.52. The van der Waals surface area contributed by atoms with Gasteiger partial charge in [-0.1, -0.05) is 46.8 Å². The zero-order valence-electron chi connectivity index (χ0n) is 17.1. The molecule has 2 heterocycles. The van der Waals surface area contributed by atoms with Crippen molar-refractivity contribution in [1.29, 1.82) is 5.26 Å². The summed E-state index contributed by atoms with van der Waals surface area (Å²) in [5, 5.41) is 13.5. The van der Waals surface area contributed by atoms with Crippen LogP contribution in [0, 0.1) is 11.3 Å². The summed E-state index contributed by atoms with van der Waals surface area (Å²) in [5.41, 5.74) is 2.79. The third kappa shape index (κ3) is 4.86. The molecule has 1 amide bonds. The Morgan fingerprint density at radius 1 is 1.19 bits per heavy atom. The smallest absolute Gasteiger partial charge is 0.239 e. The summed E-state index contributed by atoms with van der Waals surface area (Å²) in [5.74, 6) is 0.516. The van der Waals surface area contributed by atoms with Gasteiger partial charge in [-0.2, -0.15) is 5.26 Å². The van der Waals surface area contributed by atoms with Gasteiger partial charge in [0.15, 0.2) is 5.13 Å². The van der Waals surface area contributed by atoms with Crippen molar-refractivity contribution >= 4 is 56.0 Å². The minimum absolute atomic E-state index is 0.219. The number of pyridine rings is 1. The first-order valence-electron chi connectivity index (χ1n) is 9.56. The van der Waals surface area contributed by atoms with Crippen LogP contribution in [-0.2, 0) is 4.79 Å². The number of thioether (sulfide) groups is 1. The number of nitrogens with one attached hydrogen (secondary N) is 1. The molecule has 4 aromatic rings. The largest absolute Gasteiger partial charge is 0.497 e. The van der Waals surface area contributed by atoms with Crippen LogP contribution in [0.3, 0.4) is 0 Å². The number of carbonyl (C=O) groups excluding carboxylic acids is 1. The minimum atomic E-state index is -0.489. The van der Waals surface area contributed by atoms with Crippen molar-refractivity contribution < 1.29 is 9.53 Å². The second kappa shape index (κ2) is 9.57. The molecule has 0 fully saturated rings. The number of benzene rings is 2. The molecule has 0 aliphatic carbocycles. The Morgan fingerprint density at radius 2 is 1.97 bits per heavy atom. The Morgan fingerprint density at radius 3 is 2.69 bits per heavy atom. The average molecular weight is 481 g/mol. The summed E-state index contributed by atoms with van der Waals surface area (Å²) in [7, 11) is 1.61. The Hall–Kier alpha value is -3.12. The maximum Gasteiger partial charge on any atom is 0.239 e. The second-order valence-electron chi connectivity index (χ2n) is 6.77. The van der Waals surface area contributed by atoms with Crippen molar-refractivity contribution in [2.45, 2.75) is 17.2 Å². The quantitative estimate of drug-likeness (QED) is 0.340. The fourth-order valence-electron chi connectivity index (χ4n) is 2.91. The molecule has 0 bridgehead atoms. The molecular weight excluding hydrogens is 464 g/mol. The maximum absolute atomic E-state index is 12.8. The lowest BCUT2D eigenvalue weighted by Crippen LogP contribution is -2.22. The fraction of sp³-hybridized carbons (Fsp3) is 0.130. The van der Waals surface area contributed by atoms with E-state index in [9.17, 15) is 10.1 Å². The summed E-state index contributed by atoms with van der Waals surface area (Å²) in [6, 6.07) is 18.5. The number of amides is 1. The molecule has 4 rings (SSSR count). The summed E-state index contributed by atoms with van der Waals surface area (Å²) in [4.78, 5) is 21.9. The number of hydrogen-bond donors (Lipinski definition) is 1. The molecule has 0 spiro atoms. The molecular formula is C23H17ClN4O2S2. The molecule has 160 valence electrons. The topological polar surface area (TPSA) is 87.9 Å². The first-order valence-corrected chi connectivity index (χ1v) is 11.6. The van der Waals surface area contributed by atoms with Crippen LogP contribution >= 0.6 is 34.7 Å². The van der Waals surface area contributed by atoms with Crippen LogP contribution in [0.2, 0.25) is 5.02 Å². The van der Waals surface area contributed by atoms with Gasteiger partial charge >= 0.3 is 0 Å². The van der Waals surface area contributed by atoms with Crippen LogP contribution in [0.25, 0.3) is 21.5 Å². The van der Waals surface area contributed by atoms with Crippen molar-refractivity contribution in [1.82, 2.24) is 9.97 Å². The van der Waals surface area contributed by atoms with E-state index in [1.165, 1.54) is 23.1 Å². The second-order valence-corrected chi connectivity index (χ2v) is 9.57. The van der Waals surface area contributed by atoms with Crippen molar-refractivity contribution in [3.8, 4) is 23.1 Å². The van der Waals surface area contributed by atoms with E-state index >= 15 is 0 Å². The Bertz CT molecular complexity index is 1330. The first kappa shape index (κ1) is 22.1. The number of methoxy groups -OCH3 is 1. The highest BCUT2D eigenvalue weighted by molar-refractivity contribution is 8.00. The summed E-state index contributed by atoms with van der Waals surface area (Å²) in [6.45, 7) is 1.77. The first-order chi connectivity index (χ1) is 15.5. The van der Waals surface area contributed by atoms with Crippen molar-refractivity contribution in [2.75, 3.05) is 12.4 Å². The Kier molecular flexibility index (Phi) is 6.61. The zero-order valence-corrected chi connectivity index (χ0v) is 19.5. The number of halogens is 1. The van der Waals surface area contributed by atoms with Crippen molar-refractivity contribution in [3.05, 3.63) is 65.2 Å². The number of nitriles is 1. The molecule has 2 aromatic carbocycles. The van der Waals surface area contributed by atoms with Gasteiger partial charge in [0.1, 0.15) is 16.8 Å². The van der Waals surface area contributed by atoms with Crippen LogP contribution in [0.5, 0.6) is 5.75 Å². The number of anilines is 1. The SMILES string of the molecule is COc1ccc2nc(NC(=O)C(C)Sc3nc(-c4ccc(Cl)cc4)ccc3C#N)sc2c1. The lowest BCUT2D eigenvalue weighted by atomic mass is 10.1. The van der Waals surface area contributed by atoms with Crippen LogP contribution in [-0.4, -0.2) is 28.2 Å². The summed E-state index contributed by atoms with van der Waals surface area (Å²) < 4.78 is 6.16. The van der Waals surface area contributed by atoms with Crippen LogP contribution in [0.4, 0.5) is 5.13 Å². The number of nitrogens with zero attached hydrogens (tertiary/aromatic N) is 3. The number of aromatic nitrogens is 2. The highest BCUT2D eigenvalue weighted by Gasteiger charge is 2.20. The normalized spacial score (nSPS) is 11.7. The zero-order chi connectivity index (χ0) is 22.7. The minimum Gasteiger partial charge on any atom is -0.497 e. The molecule has 0 radical (unpaired) electrons. The van der Waals surface area contributed by atoms with E-state index in [-0.39, 0.29) is 5.91 Å². The highest BCUT2D eigenvalue weighted by atomic mass is 35.5. The van der Waals surface area contributed by atoms with Gasteiger partial charge in [-0.05, 0) is 49.4 Å². The van der Waals surface area contributed by atoms with Gasteiger partial charge in [0.2, 0.25) is 5.91 Å². The van der Waals surface area contributed by atoms with E-state index in [0.717, 1.165) is 21.5 Å². The third-order valence-corrected chi connectivity index (χ3v) is 6.89. The van der Waals surface area contributed by atoms with Gasteiger partial charge < -0.3 is 10.1 Å². The molecule has 1 N–H and O–H groups in total. The highest BCUT2D eigenvalue weighted by Crippen LogP contribution is 2.32. The fourth-order valence-corrected chi connectivity index (χ4v) is 4.83. The molecule has 0 aliphatic heterocycles. The molecule has 9 heteroatoms. The summed E-state index contributed by atoms with van der Waals surface area (Å²) >= 11 is 8.58. The molecule has 0 saturated carbocycles. The van der Waals surface area contributed by atoms with Crippen molar-refractivity contribution in [3.63, 3.8) is 0 Å². The Labute approximate surface area is 198 Å². The van der Waals surface area contributed by atoms with Gasteiger partial charge in [-0.15, -0.1) is 0 Å². The predicted molar refractivity (Wildman–Crippen MR) is 130 cm³/mol. The molecule has 2 aromatic heterocycles. The van der Waals surface area contributed by atoms with Gasteiger partial charge in [-0.3, -0.25) is 4.79 Å². The van der Waals surface area contributed by atoms with Crippen LogP contribution < -0.4 is 10.1 Å². The number of hydrogen-bond acceptors (Lipinski definition) is 7. The number of ether oxygens (including phenoxy) is 1. The van der Waals surface area contributed by atoms with Gasteiger partial charge in [0.25, 0.3) is 0 Å². The van der Waals surface area contributed by atoms with Crippen LogP contribution in [0.1, 0.15) is 12.5 Å². The standard InChI is InChI=1S/C23H17ClN4O2S2/c1-13(21(29)28-23-27-19-10-8-17(30-2)11-20(19)32-23)31-22-15(12-25)5-9-18(26-22)14-3-6-16(24)7-4-14/h3-11,13H,1-2H3,(H,27,28,29).